The Morgan fingerprint density at radius 2 is 2.00 bits per heavy atom. The van der Waals surface area contributed by atoms with Gasteiger partial charge in [-0.2, -0.15) is 5.26 Å². The monoisotopic (exact) mass is 469 g/mol. The van der Waals surface area contributed by atoms with E-state index in [0.717, 1.165) is 10.8 Å². The molecule has 2 amide bonds. The first-order valence-corrected chi connectivity index (χ1v) is 10.9. The predicted molar refractivity (Wildman–Crippen MR) is 126 cm³/mol. The third-order valence-corrected chi connectivity index (χ3v) is 6.08. The molecule has 4 aromatic rings. The lowest BCUT2D eigenvalue weighted by atomic mass is 10.1. The Morgan fingerprint density at radius 1 is 1.14 bits per heavy atom. The second-order valence-electron chi connectivity index (χ2n) is 8.29. The lowest BCUT2D eigenvalue weighted by Crippen LogP contribution is -2.52. The maximum atomic E-state index is 14.0. The molecule has 9 heteroatoms. The van der Waals surface area contributed by atoms with Crippen LogP contribution in [0.25, 0.3) is 10.8 Å². The van der Waals surface area contributed by atoms with Gasteiger partial charge in [0.1, 0.15) is 29.9 Å². The van der Waals surface area contributed by atoms with Gasteiger partial charge in [-0.3, -0.25) is 9.59 Å². The van der Waals surface area contributed by atoms with Gasteiger partial charge in [0.25, 0.3) is 5.91 Å². The zero-order valence-corrected chi connectivity index (χ0v) is 18.6. The topological polar surface area (TPSA) is 102 Å². The number of amides is 2. The van der Waals surface area contributed by atoms with Crippen LogP contribution in [0, 0.1) is 17.1 Å². The number of aromatic nitrogens is 2. The Kier molecular flexibility index (Phi) is 5.63. The van der Waals surface area contributed by atoms with Crippen molar-refractivity contribution in [3.8, 4) is 11.8 Å². The van der Waals surface area contributed by atoms with Gasteiger partial charge in [-0.1, -0.05) is 24.3 Å². The van der Waals surface area contributed by atoms with Gasteiger partial charge in [0.2, 0.25) is 5.91 Å². The van der Waals surface area contributed by atoms with E-state index in [2.05, 4.69) is 4.98 Å². The summed E-state index contributed by atoms with van der Waals surface area (Å²) in [6.07, 6.45) is 2.90. The zero-order chi connectivity index (χ0) is 24.5. The van der Waals surface area contributed by atoms with Crippen LogP contribution in [-0.2, 0) is 11.3 Å². The summed E-state index contributed by atoms with van der Waals surface area (Å²) in [5.74, 6) is -1.09. The summed E-state index contributed by atoms with van der Waals surface area (Å²) in [5.41, 5.74) is 1.50. The molecular formula is C26H20FN5O3. The number of hydrogen-bond donors (Lipinski definition) is 1. The van der Waals surface area contributed by atoms with Gasteiger partial charge in [-0.25, -0.2) is 9.37 Å². The van der Waals surface area contributed by atoms with Crippen LogP contribution in [0.3, 0.4) is 0 Å². The number of carbonyl (C=O) groups is 2. The molecule has 1 aliphatic heterocycles. The Hall–Kier alpha value is -4.71. The molecule has 1 fully saturated rings. The van der Waals surface area contributed by atoms with Crippen molar-refractivity contribution in [1.82, 2.24) is 14.5 Å². The fourth-order valence-electron chi connectivity index (χ4n) is 4.31. The van der Waals surface area contributed by atoms with Crippen LogP contribution in [0.2, 0.25) is 0 Å². The van der Waals surface area contributed by atoms with Gasteiger partial charge in [-0.05, 0) is 41.3 Å². The molecule has 0 atom stereocenters. The molecule has 8 nitrogen and oxygen atoms in total. The largest absolute Gasteiger partial charge is 0.508 e. The molecule has 0 bridgehead atoms. The third-order valence-electron chi connectivity index (χ3n) is 6.08. The van der Waals surface area contributed by atoms with E-state index in [4.69, 9.17) is 5.26 Å². The van der Waals surface area contributed by atoms with E-state index in [-0.39, 0.29) is 41.9 Å². The van der Waals surface area contributed by atoms with Crippen molar-refractivity contribution >= 4 is 28.3 Å². The van der Waals surface area contributed by atoms with E-state index < -0.39 is 5.82 Å². The average molecular weight is 469 g/mol. The maximum absolute atomic E-state index is 14.0. The van der Waals surface area contributed by atoms with Crippen LogP contribution in [0.1, 0.15) is 21.6 Å². The highest BCUT2D eigenvalue weighted by Crippen LogP contribution is 2.31. The summed E-state index contributed by atoms with van der Waals surface area (Å²) in [5, 5.41) is 20.5. The number of benzene rings is 3. The Balaban J connectivity index is 1.34. The second-order valence-corrected chi connectivity index (χ2v) is 8.29. The summed E-state index contributed by atoms with van der Waals surface area (Å²) in [4.78, 5) is 33.4. The normalized spacial score (nSPS) is 13.8. The summed E-state index contributed by atoms with van der Waals surface area (Å²) in [6.45, 7) is 0.701. The predicted octanol–water partition coefficient (Wildman–Crippen LogP) is 3.29. The fourth-order valence-corrected chi connectivity index (χ4v) is 4.31. The van der Waals surface area contributed by atoms with E-state index in [1.54, 1.807) is 39.8 Å². The van der Waals surface area contributed by atoms with Crippen molar-refractivity contribution in [1.29, 1.82) is 5.26 Å². The minimum Gasteiger partial charge on any atom is -0.508 e. The average Bonchev–Trinajstić information content (AvgIpc) is 3.31. The number of rotatable bonds is 4. The van der Waals surface area contributed by atoms with Crippen molar-refractivity contribution in [2.75, 3.05) is 24.5 Å². The Labute approximate surface area is 200 Å². The molecule has 35 heavy (non-hydrogen) atoms. The molecule has 0 spiro atoms. The molecule has 0 saturated carbocycles. The number of halogens is 1. The molecule has 1 aromatic heterocycles. The molecular weight excluding hydrogens is 449 g/mol. The number of anilines is 1. The van der Waals surface area contributed by atoms with Crippen LogP contribution in [0.4, 0.5) is 10.1 Å². The molecule has 0 radical (unpaired) electrons. The third kappa shape index (κ3) is 4.17. The number of fused-ring (bicyclic) bond motifs is 1. The van der Waals surface area contributed by atoms with E-state index in [1.165, 1.54) is 29.6 Å². The minimum atomic E-state index is -0.624. The van der Waals surface area contributed by atoms with Gasteiger partial charge in [0.05, 0.1) is 23.8 Å². The number of carbonyl (C=O) groups excluding carboxylic acids is 2. The maximum Gasteiger partial charge on any atom is 0.272 e. The summed E-state index contributed by atoms with van der Waals surface area (Å²) in [6, 6.07) is 16.7. The standard InChI is InChI=1S/C26H20FN5O3/c27-22-10-17(4-5-19(22)12-28)14-31-16-29-13-24(31)26(35)30-8-9-32(25(34)15-30)23-3-1-2-18-6-7-20(33)11-21(18)23/h1-7,10-11,13,16,33H,8-9,14-15H2. The molecule has 1 saturated heterocycles. The quantitative estimate of drug-likeness (QED) is 0.494. The number of imidazole rings is 1. The van der Waals surface area contributed by atoms with Crippen molar-refractivity contribution in [2.24, 2.45) is 0 Å². The number of nitrogens with zero attached hydrogens (tertiary/aromatic N) is 5. The van der Waals surface area contributed by atoms with E-state index in [9.17, 15) is 19.1 Å². The van der Waals surface area contributed by atoms with Crippen LogP contribution in [0.15, 0.2) is 67.1 Å². The van der Waals surface area contributed by atoms with Crippen molar-refractivity contribution in [3.63, 3.8) is 0 Å². The van der Waals surface area contributed by atoms with Gasteiger partial charge in [0.15, 0.2) is 0 Å². The molecule has 3 aromatic carbocycles. The van der Waals surface area contributed by atoms with Crippen LogP contribution in [0.5, 0.6) is 5.75 Å². The SMILES string of the molecule is N#Cc1ccc(Cn2cncc2C(=O)N2CCN(c3cccc4ccc(O)cc34)C(=O)C2)cc1F. The van der Waals surface area contributed by atoms with Gasteiger partial charge >= 0.3 is 0 Å². The lowest BCUT2D eigenvalue weighted by Gasteiger charge is -2.35. The molecule has 1 aliphatic rings. The summed E-state index contributed by atoms with van der Waals surface area (Å²) >= 11 is 0. The van der Waals surface area contributed by atoms with Crippen LogP contribution >= 0.6 is 0 Å². The second kappa shape index (κ2) is 8.91. The summed E-state index contributed by atoms with van der Waals surface area (Å²) < 4.78 is 15.6. The number of piperazine rings is 1. The Bertz CT molecular complexity index is 1510. The van der Waals surface area contributed by atoms with Crippen LogP contribution < -0.4 is 4.90 Å². The van der Waals surface area contributed by atoms with E-state index in [0.29, 0.717) is 24.3 Å². The summed E-state index contributed by atoms with van der Waals surface area (Å²) in [7, 11) is 0. The highest BCUT2D eigenvalue weighted by Gasteiger charge is 2.30. The number of nitriles is 1. The fraction of sp³-hybridized carbons (Fsp3) is 0.154. The number of aromatic hydroxyl groups is 1. The minimum absolute atomic E-state index is 0.0477. The molecule has 0 aliphatic carbocycles. The zero-order valence-electron chi connectivity index (χ0n) is 18.6. The molecule has 0 unspecified atom stereocenters. The first-order chi connectivity index (χ1) is 16.9. The molecule has 2 heterocycles. The first-order valence-electron chi connectivity index (χ1n) is 10.9. The van der Waals surface area contributed by atoms with Gasteiger partial charge in [-0.15, -0.1) is 0 Å². The van der Waals surface area contributed by atoms with E-state index in [1.807, 2.05) is 18.2 Å². The van der Waals surface area contributed by atoms with Gasteiger partial charge in [0, 0.05) is 25.0 Å². The number of phenolic OH excluding ortho intramolecular Hbond substituents is 1. The van der Waals surface area contributed by atoms with E-state index >= 15 is 0 Å². The Morgan fingerprint density at radius 3 is 2.77 bits per heavy atom. The number of phenols is 1. The van der Waals surface area contributed by atoms with Crippen molar-refractivity contribution in [2.45, 2.75) is 6.54 Å². The molecule has 5 rings (SSSR count). The van der Waals surface area contributed by atoms with Crippen molar-refractivity contribution < 1.29 is 19.1 Å². The highest BCUT2D eigenvalue weighted by molar-refractivity contribution is 6.06. The first kappa shape index (κ1) is 22.1. The molecule has 1 N–H and O–H groups in total. The molecule has 174 valence electrons. The van der Waals surface area contributed by atoms with Gasteiger partial charge < -0.3 is 19.5 Å². The number of hydrogen-bond acceptors (Lipinski definition) is 5. The smallest absolute Gasteiger partial charge is 0.272 e. The van der Waals surface area contributed by atoms with Crippen molar-refractivity contribution in [3.05, 3.63) is 89.8 Å². The van der Waals surface area contributed by atoms with Crippen LogP contribution in [-0.4, -0.2) is 51.0 Å². The lowest BCUT2D eigenvalue weighted by molar-refractivity contribution is -0.120. The highest BCUT2D eigenvalue weighted by atomic mass is 19.1.